The summed E-state index contributed by atoms with van der Waals surface area (Å²) in [6.07, 6.45) is 1.79. The van der Waals surface area contributed by atoms with Gasteiger partial charge in [0.1, 0.15) is 0 Å². The molecule has 116 valence electrons. The lowest BCUT2D eigenvalue weighted by Crippen LogP contribution is -2.28. The van der Waals surface area contributed by atoms with Crippen molar-refractivity contribution in [2.24, 2.45) is 5.10 Å². The Labute approximate surface area is 148 Å². The Morgan fingerprint density at radius 2 is 1.91 bits per heavy atom. The van der Waals surface area contributed by atoms with Crippen molar-refractivity contribution < 1.29 is 0 Å². The van der Waals surface area contributed by atoms with Gasteiger partial charge in [0.05, 0.1) is 11.9 Å². The Balaban J connectivity index is 2.07. The first kappa shape index (κ1) is 15.7. The van der Waals surface area contributed by atoms with Gasteiger partial charge in [0.25, 0.3) is 0 Å². The van der Waals surface area contributed by atoms with Crippen LogP contribution in [0.25, 0.3) is 22.2 Å². The van der Waals surface area contributed by atoms with Gasteiger partial charge in [-0.2, -0.15) is 5.10 Å². The first-order valence-corrected chi connectivity index (χ1v) is 8.26. The average molecular weight is 387 g/mol. The molecule has 4 nitrogen and oxygen atoms in total. The molecule has 0 radical (unpaired) electrons. The van der Waals surface area contributed by atoms with Crippen LogP contribution in [0.15, 0.2) is 58.1 Å². The molecule has 23 heavy (non-hydrogen) atoms. The molecule has 0 fully saturated rings. The van der Waals surface area contributed by atoms with Crippen molar-refractivity contribution in [3.8, 4) is 11.3 Å². The van der Waals surface area contributed by atoms with Crippen molar-refractivity contribution in [3.63, 3.8) is 0 Å². The molecule has 3 N–H and O–H groups in total. The third kappa shape index (κ3) is 3.43. The normalized spacial score (nSPS) is 11.0. The minimum Gasteiger partial charge on any atom is -0.364 e. The molecule has 0 atom stereocenters. The van der Waals surface area contributed by atoms with E-state index < -0.39 is 0 Å². The zero-order chi connectivity index (χ0) is 16.2. The fraction of sp³-hybridized carbons (Fsp3) is 0.0588. The third-order valence-electron chi connectivity index (χ3n) is 3.47. The number of nitrogens with zero attached hydrogens (tertiary/aromatic N) is 1. The van der Waals surface area contributed by atoms with Crippen LogP contribution in [-0.4, -0.2) is 23.4 Å². The molecule has 0 aliphatic heterocycles. The summed E-state index contributed by atoms with van der Waals surface area (Å²) in [4.78, 5) is 3.47. The number of hydrogen-bond acceptors (Lipinski definition) is 2. The van der Waals surface area contributed by atoms with Gasteiger partial charge in [-0.05, 0) is 36.0 Å². The summed E-state index contributed by atoms with van der Waals surface area (Å²) < 4.78 is 1.05. The minimum absolute atomic E-state index is 0.478. The summed E-state index contributed by atoms with van der Waals surface area (Å²) in [5, 5.41) is 8.65. The van der Waals surface area contributed by atoms with E-state index in [-0.39, 0.29) is 0 Å². The number of aromatic nitrogens is 1. The van der Waals surface area contributed by atoms with Crippen LogP contribution < -0.4 is 10.7 Å². The second-order valence-electron chi connectivity index (χ2n) is 4.92. The smallest absolute Gasteiger partial charge is 0.186 e. The van der Waals surface area contributed by atoms with E-state index in [1.807, 2.05) is 24.3 Å². The maximum atomic E-state index is 5.04. The van der Waals surface area contributed by atoms with Gasteiger partial charge < -0.3 is 10.3 Å². The zero-order valence-corrected chi connectivity index (χ0v) is 14.8. The van der Waals surface area contributed by atoms with E-state index in [1.54, 1.807) is 13.3 Å². The van der Waals surface area contributed by atoms with Crippen molar-refractivity contribution in [3.05, 3.63) is 58.6 Å². The molecule has 0 saturated heterocycles. The topological polar surface area (TPSA) is 52.2 Å². The number of aromatic amines is 1. The summed E-state index contributed by atoms with van der Waals surface area (Å²) in [7, 11) is 1.75. The van der Waals surface area contributed by atoms with Crippen LogP contribution in [0.3, 0.4) is 0 Å². The minimum atomic E-state index is 0.478. The summed E-state index contributed by atoms with van der Waals surface area (Å²) in [6, 6.07) is 16.3. The first-order valence-electron chi connectivity index (χ1n) is 7.06. The molecular weight excluding hydrogens is 372 g/mol. The largest absolute Gasteiger partial charge is 0.364 e. The highest BCUT2D eigenvalue weighted by Gasteiger charge is 2.11. The van der Waals surface area contributed by atoms with Gasteiger partial charge in [0, 0.05) is 28.0 Å². The molecule has 0 saturated carbocycles. The monoisotopic (exact) mass is 386 g/mol. The van der Waals surface area contributed by atoms with E-state index in [1.165, 1.54) is 0 Å². The highest BCUT2D eigenvalue weighted by molar-refractivity contribution is 9.10. The zero-order valence-electron chi connectivity index (χ0n) is 12.4. The predicted molar refractivity (Wildman–Crippen MR) is 104 cm³/mol. The standard InChI is InChI=1S/C17H15BrN4S/c1-19-17(23)22-20-10-14-13-4-2-3-5-15(13)21-16(14)11-6-8-12(18)9-7-11/h2-10,21H,1H3,(H2,19,22,23)/b20-10+. The molecule has 0 amide bonds. The molecule has 2 aromatic carbocycles. The fourth-order valence-corrected chi connectivity index (χ4v) is 2.67. The lowest BCUT2D eigenvalue weighted by atomic mass is 10.1. The molecule has 3 rings (SSSR count). The van der Waals surface area contributed by atoms with Crippen LogP contribution in [-0.2, 0) is 0 Å². The molecule has 6 heteroatoms. The van der Waals surface area contributed by atoms with Crippen LogP contribution in [0.5, 0.6) is 0 Å². The average Bonchev–Trinajstić information content (AvgIpc) is 2.94. The van der Waals surface area contributed by atoms with E-state index in [2.05, 4.69) is 61.0 Å². The van der Waals surface area contributed by atoms with Crippen LogP contribution in [0.2, 0.25) is 0 Å². The van der Waals surface area contributed by atoms with Gasteiger partial charge in [0.15, 0.2) is 5.11 Å². The SMILES string of the molecule is CNC(=S)N/N=C/c1c(-c2ccc(Br)cc2)[nH]c2ccccc12. The van der Waals surface area contributed by atoms with E-state index in [0.29, 0.717) is 5.11 Å². The van der Waals surface area contributed by atoms with E-state index in [4.69, 9.17) is 12.2 Å². The van der Waals surface area contributed by atoms with Gasteiger partial charge >= 0.3 is 0 Å². The molecular formula is C17H15BrN4S. The molecule has 3 aromatic rings. The van der Waals surface area contributed by atoms with E-state index in [0.717, 1.165) is 32.2 Å². The molecule has 0 aliphatic rings. The first-order chi connectivity index (χ1) is 11.2. The van der Waals surface area contributed by atoms with Crippen LogP contribution in [0.1, 0.15) is 5.56 Å². The number of nitrogens with one attached hydrogen (secondary N) is 3. The Morgan fingerprint density at radius 1 is 1.17 bits per heavy atom. The van der Waals surface area contributed by atoms with Gasteiger partial charge in [-0.25, -0.2) is 0 Å². The van der Waals surface area contributed by atoms with E-state index in [9.17, 15) is 0 Å². The summed E-state index contributed by atoms with van der Waals surface area (Å²) in [5.41, 5.74) is 7.01. The number of benzene rings is 2. The van der Waals surface area contributed by atoms with E-state index >= 15 is 0 Å². The maximum Gasteiger partial charge on any atom is 0.186 e. The van der Waals surface area contributed by atoms with Crippen LogP contribution in [0.4, 0.5) is 0 Å². The van der Waals surface area contributed by atoms with Crippen molar-refractivity contribution in [1.82, 2.24) is 15.7 Å². The number of H-pyrrole nitrogens is 1. The number of halogens is 1. The van der Waals surface area contributed by atoms with Crippen LogP contribution >= 0.6 is 28.1 Å². The highest BCUT2D eigenvalue weighted by atomic mass is 79.9. The van der Waals surface area contributed by atoms with Crippen molar-refractivity contribution >= 4 is 50.4 Å². The third-order valence-corrected chi connectivity index (χ3v) is 4.29. The molecule has 0 spiro atoms. The predicted octanol–water partition coefficient (Wildman–Crippen LogP) is 4.03. The van der Waals surface area contributed by atoms with Gasteiger partial charge in [0.2, 0.25) is 0 Å². The maximum absolute atomic E-state index is 5.04. The van der Waals surface area contributed by atoms with Crippen LogP contribution in [0, 0.1) is 0 Å². The van der Waals surface area contributed by atoms with Crippen molar-refractivity contribution in [1.29, 1.82) is 0 Å². The fourth-order valence-electron chi connectivity index (χ4n) is 2.35. The molecule has 0 bridgehead atoms. The Bertz CT molecular complexity index is 868. The second kappa shape index (κ2) is 6.93. The molecule has 1 heterocycles. The number of hydrazone groups is 1. The number of thiocarbonyl (C=S) groups is 1. The molecule has 0 aliphatic carbocycles. The number of fused-ring (bicyclic) bond motifs is 1. The summed E-state index contributed by atoms with van der Waals surface area (Å²) in [5.74, 6) is 0. The quantitative estimate of drug-likeness (QED) is 0.361. The van der Waals surface area contributed by atoms with Crippen molar-refractivity contribution in [2.75, 3.05) is 7.05 Å². The Hall–Kier alpha value is -2.18. The van der Waals surface area contributed by atoms with Crippen molar-refractivity contribution in [2.45, 2.75) is 0 Å². The second-order valence-corrected chi connectivity index (χ2v) is 6.24. The number of hydrogen-bond donors (Lipinski definition) is 3. The number of rotatable bonds is 3. The highest BCUT2D eigenvalue weighted by Crippen LogP contribution is 2.29. The lowest BCUT2D eigenvalue weighted by molar-refractivity contribution is 0.982. The molecule has 1 aromatic heterocycles. The Morgan fingerprint density at radius 3 is 2.65 bits per heavy atom. The summed E-state index contributed by atoms with van der Waals surface area (Å²) in [6.45, 7) is 0. The lowest BCUT2D eigenvalue weighted by Gasteiger charge is -2.03. The summed E-state index contributed by atoms with van der Waals surface area (Å²) >= 11 is 8.51. The van der Waals surface area contributed by atoms with Gasteiger partial charge in [-0.3, -0.25) is 5.43 Å². The van der Waals surface area contributed by atoms with Gasteiger partial charge in [-0.15, -0.1) is 0 Å². The number of para-hydroxylation sites is 1. The van der Waals surface area contributed by atoms with Gasteiger partial charge in [-0.1, -0.05) is 46.3 Å². The molecule has 0 unspecified atom stereocenters. The Kier molecular flexibility index (Phi) is 4.73.